The molecule has 0 aromatic heterocycles. The van der Waals surface area contributed by atoms with E-state index in [-0.39, 0.29) is 17.7 Å². The first-order valence-electron chi connectivity index (χ1n) is 8.49. The smallest absolute Gasteiger partial charge is 0.173 e. The zero-order valence-electron chi connectivity index (χ0n) is 14.5. The molecule has 1 aliphatic rings. The molecular formula is C19H19ClF2O5S. The summed E-state index contributed by atoms with van der Waals surface area (Å²) in [5, 5.41) is 39.1. The van der Waals surface area contributed by atoms with Gasteiger partial charge in [0.1, 0.15) is 29.6 Å². The molecule has 3 rings (SSSR count). The lowest BCUT2D eigenvalue weighted by molar-refractivity contribution is -0.0910. The molecule has 4 N–H and O–H groups in total. The van der Waals surface area contributed by atoms with Gasteiger partial charge in [0.05, 0.1) is 18.0 Å². The van der Waals surface area contributed by atoms with Crippen LogP contribution < -0.4 is 4.74 Å². The van der Waals surface area contributed by atoms with E-state index in [1.807, 2.05) is 0 Å². The topological polar surface area (TPSA) is 90.2 Å². The van der Waals surface area contributed by atoms with Crippen molar-refractivity contribution in [3.05, 3.63) is 64.2 Å². The summed E-state index contributed by atoms with van der Waals surface area (Å²) >= 11 is 7.02. The van der Waals surface area contributed by atoms with Gasteiger partial charge in [-0.1, -0.05) is 17.7 Å². The number of halogens is 3. The normalized spacial score (nSPS) is 27.6. The van der Waals surface area contributed by atoms with Crippen LogP contribution in [0.4, 0.5) is 8.78 Å². The summed E-state index contributed by atoms with van der Waals surface area (Å²) < 4.78 is 33.0. The third-order valence-electron chi connectivity index (χ3n) is 4.51. The highest BCUT2D eigenvalue weighted by Gasteiger charge is 2.44. The highest BCUT2D eigenvalue weighted by atomic mass is 35.5. The van der Waals surface area contributed by atoms with Crippen LogP contribution in [0.25, 0.3) is 0 Å². The van der Waals surface area contributed by atoms with E-state index in [2.05, 4.69) is 0 Å². The van der Waals surface area contributed by atoms with Gasteiger partial charge in [0.15, 0.2) is 5.44 Å². The maximum absolute atomic E-state index is 14.0. The first-order valence-corrected chi connectivity index (χ1v) is 9.81. The van der Waals surface area contributed by atoms with Crippen LogP contribution in [0, 0.1) is 11.6 Å². The molecule has 0 bridgehead atoms. The quantitative estimate of drug-likeness (QED) is 0.578. The van der Waals surface area contributed by atoms with Crippen molar-refractivity contribution in [2.75, 3.05) is 6.61 Å². The molecule has 5 unspecified atom stereocenters. The molecule has 0 saturated carbocycles. The molecule has 0 spiro atoms. The van der Waals surface area contributed by atoms with Crippen molar-refractivity contribution in [1.82, 2.24) is 0 Å². The van der Waals surface area contributed by atoms with Gasteiger partial charge >= 0.3 is 0 Å². The lowest BCUT2D eigenvalue weighted by Crippen LogP contribution is -2.55. The number of thioether (sulfide) groups is 1. The molecule has 0 amide bonds. The average molecular weight is 433 g/mol. The van der Waals surface area contributed by atoms with E-state index in [1.54, 1.807) is 12.1 Å². The number of hydrogen-bond acceptors (Lipinski definition) is 6. The van der Waals surface area contributed by atoms with Crippen molar-refractivity contribution in [1.29, 1.82) is 0 Å². The molecule has 1 aliphatic heterocycles. The predicted molar refractivity (Wildman–Crippen MR) is 102 cm³/mol. The van der Waals surface area contributed by atoms with E-state index in [1.165, 1.54) is 12.1 Å². The van der Waals surface area contributed by atoms with Gasteiger partial charge < -0.3 is 25.2 Å². The van der Waals surface area contributed by atoms with Crippen LogP contribution in [-0.2, 0) is 6.42 Å². The highest BCUT2D eigenvalue weighted by Crippen LogP contribution is 2.36. The number of aliphatic hydroxyl groups excluding tert-OH is 4. The Kier molecular flexibility index (Phi) is 6.80. The molecule has 28 heavy (non-hydrogen) atoms. The van der Waals surface area contributed by atoms with Gasteiger partial charge in [-0.05, 0) is 29.8 Å². The SMILES string of the molecule is OCC1SC(Oc2ccc(Cl)cc2Cc2ccc(F)cc2F)C(O)C(O)C1O. The molecule has 0 radical (unpaired) electrons. The van der Waals surface area contributed by atoms with E-state index in [0.717, 1.165) is 23.9 Å². The van der Waals surface area contributed by atoms with Crippen LogP contribution in [0.5, 0.6) is 5.75 Å². The minimum atomic E-state index is -1.49. The fourth-order valence-electron chi connectivity index (χ4n) is 2.96. The standard InChI is InChI=1S/C19H19ClF2O5S/c20-11-2-4-14(10(6-11)5-9-1-3-12(21)7-13(9)22)27-19-18(26)17(25)16(24)15(8-23)28-19/h1-4,6-7,15-19,23-26H,5,8H2. The Morgan fingerprint density at radius 2 is 1.71 bits per heavy atom. The Labute approximate surface area is 169 Å². The van der Waals surface area contributed by atoms with Gasteiger partial charge in [-0.15, -0.1) is 11.8 Å². The van der Waals surface area contributed by atoms with Crippen molar-refractivity contribution < 1.29 is 33.9 Å². The summed E-state index contributed by atoms with van der Waals surface area (Å²) in [6, 6.07) is 7.90. The lowest BCUT2D eigenvalue weighted by Gasteiger charge is -2.39. The minimum absolute atomic E-state index is 0.0596. The van der Waals surface area contributed by atoms with Crippen LogP contribution in [0.15, 0.2) is 36.4 Å². The van der Waals surface area contributed by atoms with E-state index in [4.69, 9.17) is 16.3 Å². The largest absolute Gasteiger partial charge is 0.477 e. The molecule has 5 nitrogen and oxygen atoms in total. The van der Waals surface area contributed by atoms with Gasteiger partial charge in [-0.2, -0.15) is 0 Å². The second kappa shape index (κ2) is 8.94. The summed E-state index contributed by atoms with van der Waals surface area (Å²) in [5.41, 5.74) is -0.255. The maximum atomic E-state index is 14.0. The van der Waals surface area contributed by atoms with Gasteiger partial charge in [-0.3, -0.25) is 0 Å². The third-order valence-corrected chi connectivity index (χ3v) is 6.17. The molecular weight excluding hydrogens is 414 g/mol. The number of rotatable bonds is 5. The second-order valence-corrected chi connectivity index (χ2v) is 8.26. The van der Waals surface area contributed by atoms with Crippen molar-refractivity contribution in [3.8, 4) is 5.75 Å². The van der Waals surface area contributed by atoms with Crippen LogP contribution >= 0.6 is 23.4 Å². The summed E-state index contributed by atoms with van der Waals surface area (Å²) in [7, 11) is 0. The summed E-state index contributed by atoms with van der Waals surface area (Å²) in [6.45, 7) is -0.413. The summed E-state index contributed by atoms with van der Waals surface area (Å²) in [6.07, 6.45) is -4.14. The Balaban J connectivity index is 1.86. The zero-order chi connectivity index (χ0) is 20.4. The van der Waals surface area contributed by atoms with E-state index < -0.39 is 47.2 Å². The average Bonchev–Trinajstić information content (AvgIpc) is 2.66. The molecule has 0 aliphatic carbocycles. The zero-order valence-corrected chi connectivity index (χ0v) is 16.1. The maximum Gasteiger partial charge on any atom is 0.173 e. The fraction of sp³-hybridized carbons (Fsp3) is 0.368. The number of aliphatic hydroxyl groups is 4. The number of ether oxygens (including phenoxy) is 1. The van der Waals surface area contributed by atoms with Gasteiger partial charge in [-0.25, -0.2) is 8.78 Å². The lowest BCUT2D eigenvalue weighted by atomic mass is 10.0. The van der Waals surface area contributed by atoms with E-state index >= 15 is 0 Å². The Hall–Kier alpha value is -1.42. The van der Waals surface area contributed by atoms with Gasteiger partial charge in [0, 0.05) is 23.1 Å². The predicted octanol–water partition coefficient (Wildman–Crippen LogP) is 2.10. The van der Waals surface area contributed by atoms with Crippen LogP contribution in [-0.4, -0.2) is 56.0 Å². The molecule has 1 fully saturated rings. The van der Waals surface area contributed by atoms with Crippen LogP contribution in [0.1, 0.15) is 11.1 Å². The minimum Gasteiger partial charge on any atom is -0.477 e. The molecule has 9 heteroatoms. The first kappa shape index (κ1) is 21.3. The highest BCUT2D eigenvalue weighted by molar-refractivity contribution is 8.00. The molecule has 2 aromatic carbocycles. The second-order valence-electron chi connectivity index (χ2n) is 6.48. The van der Waals surface area contributed by atoms with Crippen molar-refractivity contribution in [2.24, 2.45) is 0 Å². The van der Waals surface area contributed by atoms with Crippen molar-refractivity contribution >= 4 is 23.4 Å². The van der Waals surface area contributed by atoms with Crippen molar-refractivity contribution in [2.45, 2.75) is 35.4 Å². The summed E-state index contributed by atoms with van der Waals surface area (Å²) in [5.74, 6) is -1.12. The third kappa shape index (κ3) is 4.59. The first-order chi connectivity index (χ1) is 13.3. The monoisotopic (exact) mass is 432 g/mol. The molecule has 152 valence electrons. The van der Waals surface area contributed by atoms with Gasteiger partial charge in [0.2, 0.25) is 0 Å². The van der Waals surface area contributed by atoms with Crippen molar-refractivity contribution in [3.63, 3.8) is 0 Å². The Morgan fingerprint density at radius 1 is 0.964 bits per heavy atom. The molecule has 5 atom stereocenters. The fourth-order valence-corrected chi connectivity index (χ4v) is 4.39. The van der Waals surface area contributed by atoms with Gasteiger partial charge in [0.25, 0.3) is 0 Å². The van der Waals surface area contributed by atoms with Crippen LogP contribution in [0.2, 0.25) is 5.02 Å². The molecule has 2 aromatic rings. The summed E-state index contributed by atoms with van der Waals surface area (Å²) in [4.78, 5) is 0. The van der Waals surface area contributed by atoms with E-state index in [0.29, 0.717) is 10.6 Å². The Morgan fingerprint density at radius 3 is 2.39 bits per heavy atom. The molecule has 1 saturated heterocycles. The molecule has 1 heterocycles. The Bertz CT molecular complexity index is 838. The number of benzene rings is 2. The number of hydrogen-bond donors (Lipinski definition) is 4. The van der Waals surface area contributed by atoms with Crippen LogP contribution in [0.3, 0.4) is 0 Å². The van der Waals surface area contributed by atoms with E-state index in [9.17, 15) is 29.2 Å².